The number of nitrogens with one attached hydrogen (secondary N) is 2. The standard InChI is InChI=1S/C10H6N8/c11-5-9(6-12)14-13-8-3-1-7(2-4-8)10-15-17-18-16-10/h1-4,13H,(H,15,16,17,18). The maximum absolute atomic E-state index is 8.50. The predicted molar refractivity (Wildman–Crippen MR) is 61.9 cm³/mol. The quantitative estimate of drug-likeness (QED) is 0.598. The van der Waals surface area contributed by atoms with Gasteiger partial charge >= 0.3 is 0 Å². The second-order valence-corrected chi connectivity index (χ2v) is 3.11. The summed E-state index contributed by atoms with van der Waals surface area (Å²) in [5.41, 5.74) is 3.79. The lowest BCUT2D eigenvalue weighted by molar-refractivity contribution is 0.881. The van der Waals surface area contributed by atoms with Crippen molar-refractivity contribution >= 4 is 11.4 Å². The minimum Gasteiger partial charge on any atom is -0.277 e. The van der Waals surface area contributed by atoms with Crippen LogP contribution < -0.4 is 5.43 Å². The van der Waals surface area contributed by atoms with Gasteiger partial charge in [-0.2, -0.15) is 20.8 Å². The van der Waals surface area contributed by atoms with Gasteiger partial charge in [0.1, 0.15) is 12.1 Å². The predicted octanol–water partition coefficient (Wildman–Crippen LogP) is 0.682. The largest absolute Gasteiger partial charge is 0.277 e. The Morgan fingerprint density at radius 1 is 1.22 bits per heavy atom. The van der Waals surface area contributed by atoms with E-state index in [0.717, 1.165) is 5.56 Å². The molecule has 2 rings (SSSR count). The number of aromatic nitrogens is 4. The van der Waals surface area contributed by atoms with Crippen molar-refractivity contribution in [1.29, 1.82) is 10.5 Å². The number of rotatable bonds is 3. The van der Waals surface area contributed by atoms with Gasteiger partial charge in [0, 0.05) is 5.56 Å². The van der Waals surface area contributed by atoms with Gasteiger partial charge in [0.2, 0.25) is 11.5 Å². The number of nitriles is 2. The van der Waals surface area contributed by atoms with Crippen LogP contribution in [0.5, 0.6) is 0 Å². The van der Waals surface area contributed by atoms with Crippen LogP contribution in [0.2, 0.25) is 0 Å². The average Bonchev–Trinajstić information content (AvgIpc) is 2.94. The van der Waals surface area contributed by atoms with Gasteiger partial charge in [-0.25, -0.2) is 0 Å². The molecule has 0 radical (unpaired) electrons. The molecule has 0 aliphatic heterocycles. The van der Waals surface area contributed by atoms with Gasteiger partial charge in [-0.15, -0.1) is 10.2 Å². The van der Waals surface area contributed by atoms with Crippen molar-refractivity contribution < 1.29 is 0 Å². The van der Waals surface area contributed by atoms with E-state index in [-0.39, 0.29) is 5.71 Å². The van der Waals surface area contributed by atoms with Crippen LogP contribution >= 0.6 is 0 Å². The third kappa shape index (κ3) is 2.46. The van der Waals surface area contributed by atoms with Gasteiger partial charge in [-0.05, 0) is 29.5 Å². The van der Waals surface area contributed by atoms with Crippen molar-refractivity contribution in [3.05, 3.63) is 24.3 Å². The summed E-state index contributed by atoms with van der Waals surface area (Å²) in [5, 5.41) is 34.1. The van der Waals surface area contributed by atoms with E-state index >= 15 is 0 Å². The number of aromatic amines is 1. The minimum absolute atomic E-state index is 0.239. The summed E-state index contributed by atoms with van der Waals surface area (Å²) >= 11 is 0. The molecule has 0 unspecified atom stereocenters. The number of anilines is 1. The summed E-state index contributed by atoms with van der Waals surface area (Å²) < 4.78 is 0. The summed E-state index contributed by atoms with van der Waals surface area (Å²) in [6.45, 7) is 0. The van der Waals surface area contributed by atoms with E-state index in [9.17, 15) is 0 Å². The fourth-order valence-corrected chi connectivity index (χ4v) is 1.17. The second kappa shape index (κ2) is 5.18. The van der Waals surface area contributed by atoms with E-state index in [1.165, 1.54) is 0 Å². The molecule has 0 saturated heterocycles. The van der Waals surface area contributed by atoms with Crippen molar-refractivity contribution in [1.82, 2.24) is 20.6 Å². The van der Waals surface area contributed by atoms with Crippen molar-refractivity contribution in [3.8, 4) is 23.5 Å². The molecule has 0 aliphatic rings. The Morgan fingerprint density at radius 3 is 2.50 bits per heavy atom. The van der Waals surface area contributed by atoms with Gasteiger partial charge in [0.25, 0.3) is 0 Å². The highest BCUT2D eigenvalue weighted by atomic mass is 15.5. The summed E-state index contributed by atoms with van der Waals surface area (Å²) in [7, 11) is 0. The van der Waals surface area contributed by atoms with E-state index in [1.54, 1.807) is 36.4 Å². The molecule has 2 N–H and O–H groups in total. The first-order valence-corrected chi connectivity index (χ1v) is 4.81. The molecule has 0 amide bonds. The molecule has 0 spiro atoms. The summed E-state index contributed by atoms with van der Waals surface area (Å²) in [5.74, 6) is 0.486. The molecule has 8 heteroatoms. The first-order chi connectivity index (χ1) is 8.83. The molecule has 1 aromatic carbocycles. The first kappa shape index (κ1) is 11.2. The molecule has 0 bridgehead atoms. The van der Waals surface area contributed by atoms with Crippen LogP contribution in [0, 0.1) is 22.7 Å². The Kier molecular flexibility index (Phi) is 3.24. The Labute approximate surface area is 102 Å². The summed E-state index contributed by atoms with van der Waals surface area (Å²) in [6.07, 6.45) is 0. The molecule has 0 fully saturated rings. The molecule has 86 valence electrons. The van der Waals surface area contributed by atoms with E-state index < -0.39 is 0 Å². The maximum Gasteiger partial charge on any atom is 0.237 e. The van der Waals surface area contributed by atoms with Crippen LogP contribution in [-0.4, -0.2) is 26.3 Å². The van der Waals surface area contributed by atoms with Gasteiger partial charge in [-0.1, -0.05) is 0 Å². The van der Waals surface area contributed by atoms with Crippen LogP contribution in [0.25, 0.3) is 11.4 Å². The topological polar surface area (TPSA) is 126 Å². The number of benzene rings is 1. The highest BCUT2D eigenvalue weighted by Crippen LogP contribution is 2.16. The zero-order chi connectivity index (χ0) is 12.8. The van der Waals surface area contributed by atoms with Crippen molar-refractivity contribution in [2.45, 2.75) is 0 Å². The third-order valence-electron chi connectivity index (χ3n) is 2.00. The maximum atomic E-state index is 8.50. The number of hydrogen-bond acceptors (Lipinski definition) is 7. The first-order valence-electron chi connectivity index (χ1n) is 4.81. The zero-order valence-corrected chi connectivity index (χ0v) is 8.99. The van der Waals surface area contributed by atoms with Crippen LogP contribution in [0.15, 0.2) is 29.4 Å². The second-order valence-electron chi connectivity index (χ2n) is 3.11. The zero-order valence-electron chi connectivity index (χ0n) is 8.99. The normalized spacial score (nSPS) is 9.00. The van der Waals surface area contributed by atoms with E-state index in [1.807, 2.05) is 0 Å². The number of nitrogens with zero attached hydrogens (tertiary/aromatic N) is 6. The molecular formula is C10H6N8. The summed E-state index contributed by atoms with van der Waals surface area (Å²) in [4.78, 5) is 0. The Morgan fingerprint density at radius 2 is 1.94 bits per heavy atom. The van der Waals surface area contributed by atoms with E-state index in [0.29, 0.717) is 11.5 Å². The SMILES string of the molecule is N#CC(C#N)=NNc1ccc(-c2nn[nH]n2)cc1. The molecule has 1 heterocycles. The number of H-pyrrole nitrogens is 1. The fourth-order valence-electron chi connectivity index (χ4n) is 1.17. The number of hydrogen-bond donors (Lipinski definition) is 2. The molecule has 0 atom stereocenters. The lowest BCUT2D eigenvalue weighted by Gasteiger charge is -2.00. The average molecular weight is 238 g/mol. The van der Waals surface area contributed by atoms with Crippen LogP contribution in [0.4, 0.5) is 5.69 Å². The van der Waals surface area contributed by atoms with Crippen LogP contribution in [0.1, 0.15) is 0 Å². The number of tetrazole rings is 1. The molecule has 1 aromatic heterocycles. The van der Waals surface area contributed by atoms with Crippen molar-refractivity contribution in [2.75, 3.05) is 5.43 Å². The van der Waals surface area contributed by atoms with E-state index in [2.05, 4.69) is 31.2 Å². The fraction of sp³-hybridized carbons (Fsp3) is 0. The molecule has 0 saturated carbocycles. The third-order valence-corrected chi connectivity index (χ3v) is 2.00. The molecule has 18 heavy (non-hydrogen) atoms. The lowest BCUT2D eigenvalue weighted by Crippen LogP contribution is -1.96. The van der Waals surface area contributed by atoms with Gasteiger partial charge in [0.05, 0.1) is 5.69 Å². The van der Waals surface area contributed by atoms with E-state index in [4.69, 9.17) is 10.5 Å². The monoisotopic (exact) mass is 238 g/mol. The Bertz CT molecular complexity index is 610. The van der Waals surface area contributed by atoms with Crippen LogP contribution in [0.3, 0.4) is 0 Å². The Balaban J connectivity index is 2.12. The van der Waals surface area contributed by atoms with Crippen molar-refractivity contribution in [2.24, 2.45) is 5.10 Å². The smallest absolute Gasteiger partial charge is 0.237 e. The van der Waals surface area contributed by atoms with Crippen LogP contribution in [-0.2, 0) is 0 Å². The van der Waals surface area contributed by atoms with Gasteiger partial charge in [-0.3, -0.25) is 5.43 Å². The Hall–Kier alpha value is -3.26. The van der Waals surface area contributed by atoms with Gasteiger partial charge < -0.3 is 0 Å². The lowest BCUT2D eigenvalue weighted by atomic mass is 10.2. The summed E-state index contributed by atoms with van der Waals surface area (Å²) in [6, 6.07) is 10.3. The molecule has 2 aromatic rings. The number of hydrazone groups is 1. The highest BCUT2D eigenvalue weighted by molar-refractivity contribution is 6.10. The molecule has 8 nitrogen and oxygen atoms in total. The molecule has 0 aliphatic carbocycles. The van der Waals surface area contributed by atoms with Crippen molar-refractivity contribution in [3.63, 3.8) is 0 Å². The van der Waals surface area contributed by atoms with Gasteiger partial charge in [0.15, 0.2) is 0 Å². The molecular weight excluding hydrogens is 232 g/mol. The highest BCUT2D eigenvalue weighted by Gasteiger charge is 2.02. The minimum atomic E-state index is -0.239.